The van der Waals surface area contributed by atoms with E-state index in [1.807, 2.05) is 42.5 Å². The van der Waals surface area contributed by atoms with Crippen molar-refractivity contribution in [2.45, 2.75) is 12.8 Å². The number of ether oxygens (including phenoxy) is 1. The molecule has 0 aliphatic carbocycles. The Hall–Kier alpha value is -2.20. The number of pyridine rings is 1. The first-order valence-electron chi connectivity index (χ1n) is 7.69. The highest BCUT2D eigenvalue weighted by Gasteiger charge is 2.13. The minimum Gasteiger partial charge on any atom is -0.378 e. The van der Waals surface area contributed by atoms with Gasteiger partial charge in [0, 0.05) is 31.3 Å². The van der Waals surface area contributed by atoms with Gasteiger partial charge >= 0.3 is 0 Å². The number of aromatic nitrogens is 1. The number of morpholine rings is 1. The average molecular weight is 296 g/mol. The maximum atomic E-state index is 12.2. The van der Waals surface area contributed by atoms with E-state index in [-0.39, 0.29) is 5.78 Å². The van der Waals surface area contributed by atoms with Crippen molar-refractivity contribution >= 4 is 11.6 Å². The maximum absolute atomic E-state index is 12.2. The summed E-state index contributed by atoms with van der Waals surface area (Å²) in [6.45, 7) is 3.18. The van der Waals surface area contributed by atoms with Crippen LogP contribution >= 0.6 is 0 Å². The molecule has 1 aromatic heterocycles. The molecule has 3 rings (SSSR count). The predicted octanol–water partition coefficient (Wildman–Crippen LogP) is 2.73. The fourth-order valence-corrected chi connectivity index (χ4v) is 2.58. The smallest absolute Gasteiger partial charge is 0.164 e. The van der Waals surface area contributed by atoms with Crippen molar-refractivity contribution in [2.24, 2.45) is 0 Å². The first kappa shape index (κ1) is 14.7. The van der Waals surface area contributed by atoms with Gasteiger partial charge in [-0.1, -0.05) is 30.3 Å². The summed E-state index contributed by atoms with van der Waals surface area (Å²) in [5.41, 5.74) is 1.88. The second-order valence-corrected chi connectivity index (χ2v) is 5.41. The Morgan fingerprint density at radius 3 is 2.55 bits per heavy atom. The zero-order valence-corrected chi connectivity index (χ0v) is 12.6. The SMILES string of the molecule is O=C(CCc1ccccc1)c1ccc(N2CCOCC2)nc1. The lowest BCUT2D eigenvalue weighted by molar-refractivity contribution is 0.0982. The molecule has 0 unspecified atom stereocenters. The van der Waals surface area contributed by atoms with Gasteiger partial charge in [-0.15, -0.1) is 0 Å². The number of nitrogens with zero attached hydrogens (tertiary/aromatic N) is 2. The average Bonchev–Trinajstić information content (AvgIpc) is 2.61. The predicted molar refractivity (Wildman–Crippen MR) is 86.4 cm³/mol. The van der Waals surface area contributed by atoms with Crippen molar-refractivity contribution in [3.8, 4) is 0 Å². The second-order valence-electron chi connectivity index (χ2n) is 5.41. The summed E-state index contributed by atoms with van der Waals surface area (Å²) in [5, 5.41) is 0. The van der Waals surface area contributed by atoms with Gasteiger partial charge in [-0.3, -0.25) is 4.79 Å². The first-order chi connectivity index (χ1) is 10.8. The van der Waals surface area contributed by atoms with Crippen LogP contribution in [0.5, 0.6) is 0 Å². The highest BCUT2D eigenvalue weighted by atomic mass is 16.5. The lowest BCUT2D eigenvalue weighted by Gasteiger charge is -2.27. The molecule has 114 valence electrons. The van der Waals surface area contributed by atoms with Crippen molar-refractivity contribution in [1.82, 2.24) is 4.98 Å². The highest BCUT2D eigenvalue weighted by Crippen LogP contribution is 2.14. The zero-order chi connectivity index (χ0) is 15.2. The van der Waals surface area contributed by atoms with E-state index in [4.69, 9.17) is 4.74 Å². The zero-order valence-electron chi connectivity index (χ0n) is 12.6. The Bertz CT molecular complexity index is 605. The molecule has 0 amide bonds. The van der Waals surface area contributed by atoms with Gasteiger partial charge in [-0.05, 0) is 24.1 Å². The van der Waals surface area contributed by atoms with Gasteiger partial charge in [0.15, 0.2) is 5.78 Å². The summed E-state index contributed by atoms with van der Waals surface area (Å²) in [6.07, 6.45) is 2.98. The van der Waals surface area contributed by atoms with E-state index in [0.717, 1.165) is 38.5 Å². The van der Waals surface area contributed by atoms with Gasteiger partial charge in [0.25, 0.3) is 0 Å². The van der Waals surface area contributed by atoms with Gasteiger partial charge in [-0.2, -0.15) is 0 Å². The van der Waals surface area contributed by atoms with E-state index < -0.39 is 0 Å². The Kier molecular flexibility index (Phi) is 4.81. The van der Waals surface area contributed by atoms with Crippen molar-refractivity contribution in [3.05, 3.63) is 59.8 Å². The lowest BCUT2D eigenvalue weighted by atomic mass is 10.0. The highest BCUT2D eigenvalue weighted by molar-refractivity contribution is 5.96. The summed E-state index contributed by atoms with van der Waals surface area (Å²) in [5.74, 6) is 1.06. The van der Waals surface area contributed by atoms with Gasteiger partial charge in [0.2, 0.25) is 0 Å². The van der Waals surface area contributed by atoms with Crippen LogP contribution in [0.15, 0.2) is 48.7 Å². The number of carbonyl (C=O) groups excluding carboxylic acids is 1. The van der Waals surface area contributed by atoms with Crippen LogP contribution in [0.25, 0.3) is 0 Å². The molecule has 1 saturated heterocycles. The summed E-state index contributed by atoms with van der Waals surface area (Å²) >= 11 is 0. The third-order valence-electron chi connectivity index (χ3n) is 3.89. The lowest BCUT2D eigenvalue weighted by Crippen LogP contribution is -2.36. The fourth-order valence-electron chi connectivity index (χ4n) is 2.58. The number of hydrogen-bond acceptors (Lipinski definition) is 4. The van der Waals surface area contributed by atoms with E-state index >= 15 is 0 Å². The van der Waals surface area contributed by atoms with Crippen molar-refractivity contribution in [1.29, 1.82) is 0 Å². The number of aryl methyl sites for hydroxylation is 1. The Morgan fingerprint density at radius 1 is 1.09 bits per heavy atom. The third kappa shape index (κ3) is 3.71. The van der Waals surface area contributed by atoms with E-state index in [9.17, 15) is 4.79 Å². The Labute approximate surface area is 130 Å². The topological polar surface area (TPSA) is 42.4 Å². The number of benzene rings is 1. The summed E-state index contributed by atoms with van der Waals surface area (Å²) < 4.78 is 5.33. The van der Waals surface area contributed by atoms with Crippen molar-refractivity contribution in [2.75, 3.05) is 31.2 Å². The minimum absolute atomic E-state index is 0.143. The Morgan fingerprint density at radius 2 is 1.86 bits per heavy atom. The standard InChI is InChI=1S/C18H20N2O2/c21-17(8-6-15-4-2-1-3-5-15)16-7-9-18(19-14-16)20-10-12-22-13-11-20/h1-5,7,9,14H,6,8,10-13H2. The molecular formula is C18H20N2O2. The normalized spacial score (nSPS) is 14.8. The third-order valence-corrected chi connectivity index (χ3v) is 3.89. The second kappa shape index (κ2) is 7.18. The van der Waals surface area contributed by atoms with Gasteiger partial charge in [0.1, 0.15) is 5.82 Å². The van der Waals surface area contributed by atoms with Crippen LogP contribution in [0.4, 0.5) is 5.82 Å². The molecule has 2 heterocycles. The fraction of sp³-hybridized carbons (Fsp3) is 0.333. The molecule has 0 radical (unpaired) electrons. The van der Waals surface area contributed by atoms with Crippen LogP contribution in [0.1, 0.15) is 22.3 Å². The quantitative estimate of drug-likeness (QED) is 0.796. The summed E-state index contributed by atoms with van der Waals surface area (Å²) in [6, 6.07) is 13.9. The van der Waals surface area contributed by atoms with E-state index in [2.05, 4.69) is 9.88 Å². The molecule has 1 aliphatic rings. The largest absolute Gasteiger partial charge is 0.378 e. The van der Waals surface area contributed by atoms with Gasteiger partial charge < -0.3 is 9.64 Å². The molecule has 4 nitrogen and oxygen atoms in total. The van der Waals surface area contributed by atoms with Crippen molar-refractivity contribution in [3.63, 3.8) is 0 Å². The van der Waals surface area contributed by atoms with Crippen molar-refractivity contribution < 1.29 is 9.53 Å². The number of Topliss-reactive ketones (excluding diaryl/α,β-unsaturated/α-hetero) is 1. The van der Waals surface area contributed by atoms with Crippen LogP contribution in [-0.4, -0.2) is 37.1 Å². The monoisotopic (exact) mass is 296 g/mol. The number of carbonyl (C=O) groups is 1. The van der Waals surface area contributed by atoms with Crippen LogP contribution in [0, 0.1) is 0 Å². The maximum Gasteiger partial charge on any atom is 0.164 e. The molecule has 4 heteroatoms. The number of hydrogen-bond donors (Lipinski definition) is 0. The van der Waals surface area contributed by atoms with E-state index in [1.165, 1.54) is 5.56 Å². The molecule has 2 aromatic rings. The Balaban J connectivity index is 1.58. The molecule has 0 spiro atoms. The molecular weight excluding hydrogens is 276 g/mol. The van der Waals surface area contributed by atoms with Crippen LogP contribution in [0.3, 0.4) is 0 Å². The minimum atomic E-state index is 0.143. The molecule has 0 bridgehead atoms. The summed E-state index contributed by atoms with van der Waals surface area (Å²) in [7, 11) is 0. The molecule has 1 aliphatic heterocycles. The molecule has 1 aromatic carbocycles. The van der Waals surface area contributed by atoms with Gasteiger partial charge in [-0.25, -0.2) is 4.98 Å². The number of anilines is 1. The molecule has 0 saturated carbocycles. The van der Waals surface area contributed by atoms with Gasteiger partial charge in [0.05, 0.1) is 13.2 Å². The van der Waals surface area contributed by atoms with Crippen LogP contribution in [-0.2, 0) is 11.2 Å². The summed E-state index contributed by atoms with van der Waals surface area (Å²) in [4.78, 5) is 18.8. The molecule has 0 N–H and O–H groups in total. The van der Waals surface area contributed by atoms with Crippen LogP contribution < -0.4 is 4.90 Å². The molecule has 22 heavy (non-hydrogen) atoms. The van der Waals surface area contributed by atoms with Crippen LogP contribution in [0.2, 0.25) is 0 Å². The number of ketones is 1. The number of rotatable bonds is 5. The van der Waals surface area contributed by atoms with E-state index in [0.29, 0.717) is 12.0 Å². The molecule has 1 fully saturated rings. The van der Waals surface area contributed by atoms with E-state index in [1.54, 1.807) is 6.20 Å². The molecule has 0 atom stereocenters. The first-order valence-corrected chi connectivity index (χ1v) is 7.69.